The summed E-state index contributed by atoms with van der Waals surface area (Å²) in [7, 11) is 1.71. The summed E-state index contributed by atoms with van der Waals surface area (Å²) in [5.74, 6) is 2.01. The highest BCUT2D eigenvalue weighted by Gasteiger charge is 2.24. The number of para-hydroxylation sites is 2. The molecule has 0 radical (unpaired) electrons. The first kappa shape index (κ1) is 15.3. The number of aromatic nitrogens is 2. The van der Waals surface area contributed by atoms with E-state index in [-0.39, 0.29) is 0 Å². The third kappa shape index (κ3) is 2.59. The predicted octanol–water partition coefficient (Wildman–Crippen LogP) is 4.20. The van der Waals surface area contributed by atoms with Gasteiger partial charge < -0.3 is 10.1 Å². The van der Waals surface area contributed by atoms with Crippen molar-refractivity contribution >= 4 is 21.7 Å². The molecule has 1 aliphatic heterocycles. The first-order chi connectivity index (χ1) is 11.8. The lowest BCUT2D eigenvalue weighted by molar-refractivity contribution is 0.410. The summed E-state index contributed by atoms with van der Waals surface area (Å²) >= 11 is 3.63. The van der Waals surface area contributed by atoms with Gasteiger partial charge in [-0.3, -0.25) is 0 Å². The molecular weight excluding hydrogens is 366 g/mol. The number of methoxy groups -OCH3 is 1. The Morgan fingerprint density at radius 3 is 2.79 bits per heavy atom. The number of nitrogens with one attached hydrogen (secondary N) is 1. The summed E-state index contributed by atoms with van der Waals surface area (Å²) in [6.07, 6.45) is 1.77. The lowest BCUT2D eigenvalue weighted by Gasteiger charge is -2.08. The molecule has 1 aromatic heterocycles. The Labute approximate surface area is 149 Å². The van der Waals surface area contributed by atoms with E-state index in [0.717, 1.165) is 52.4 Å². The molecule has 0 saturated heterocycles. The van der Waals surface area contributed by atoms with Gasteiger partial charge in [0, 0.05) is 28.6 Å². The molecule has 5 heteroatoms. The summed E-state index contributed by atoms with van der Waals surface area (Å²) < 4.78 is 8.54. The van der Waals surface area contributed by atoms with Crippen LogP contribution in [0.25, 0.3) is 5.69 Å². The Morgan fingerprint density at radius 1 is 1.17 bits per heavy atom. The molecule has 0 spiro atoms. The Bertz CT molecular complexity index is 888. The van der Waals surface area contributed by atoms with Crippen LogP contribution < -0.4 is 10.1 Å². The van der Waals surface area contributed by atoms with E-state index >= 15 is 0 Å². The molecule has 122 valence electrons. The third-order valence-electron chi connectivity index (χ3n) is 4.37. The maximum atomic E-state index is 5.49. The van der Waals surface area contributed by atoms with Crippen molar-refractivity contribution in [3.63, 3.8) is 0 Å². The Balaban J connectivity index is 1.78. The minimum absolute atomic E-state index is 0.769. The summed E-state index contributed by atoms with van der Waals surface area (Å²) in [5.41, 5.74) is 4.62. The molecule has 3 aromatic rings. The van der Waals surface area contributed by atoms with Crippen LogP contribution in [-0.4, -0.2) is 23.4 Å². The quantitative estimate of drug-likeness (QED) is 0.733. The summed E-state index contributed by atoms with van der Waals surface area (Å²) in [5, 5.41) is 8.38. The number of anilines is 1. The van der Waals surface area contributed by atoms with Crippen molar-refractivity contribution in [3.05, 3.63) is 69.8 Å². The number of nitrogens with zero attached hydrogens (tertiary/aromatic N) is 2. The highest BCUT2D eigenvalue weighted by molar-refractivity contribution is 9.10. The van der Waals surface area contributed by atoms with Crippen molar-refractivity contribution < 1.29 is 4.74 Å². The first-order valence-electron chi connectivity index (χ1n) is 7.99. The van der Waals surface area contributed by atoms with Gasteiger partial charge in [0.05, 0.1) is 18.5 Å². The standard InChI is InChI=1S/C19H18BrN3O/c1-24-18-9-5-2-6-13(18)12-16-14-10-11-21-19(14)23(22-16)17-8-4-3-7-15(17)20/h2-9,21H,10-12H2,1H3. The fourth-order valence-electron chi connectivity index (χ4n) is 3.22. The Kier molecular flexibility index (Phi) is 4.02. The monoisotopic (exact) mass is 383 g/mol. The minimum Gasteiger partial charge on any atom is -0.496 e. The lowest BCUT2D eigenvalue weighted by Crippen LogP contribution is -2.06. The van der Waals surface area contributed by atoms with Gasteiger partial charge >= 0.3 is 0 Å². The maximum Gasteiger partial charge on any atom is 0.133 e. The van der Waals surface area contributed by atoms with Gasteiger partial charge in [0.2, 0.25) is 0 Å². The van der Waals surface area contributed by atoms with Crippen LogP contribution in [0.15, 0.2) is 53.0 Å². The fraction of sp³-hybridized carbons (Fsp3) is 0.211. The summed E-state index contributed by atoms with van der Waals surface area (Å²) in [6, 6.07) is 16.3. The van der Waals surface area contributed by atoms with E-state index < -0.39 is 0 Å². The van der Waals surface area contributed by atoms with Crippen LogP contribution in [0.1, 0.15) is 16.8 Å². The average molecular weight is 384 g/mol. The van der Waals surface area contributed by atoms with Crippen molar-refractivity contribution in [1.82, 2.24) is 9.78 Å². The van der Waals surface area contributed by atoms with Crippen molar-refractivity contribution in [1.29, 1.82) is 0 Å². The maximum absolute atomic E-state index is 5.49. The second-order valence-electron chi connectivity index (χ2n) is 5.80. The van der Waals surface area contributed by atoms with E-state index in [0.29, 0.717) is 0 Å². The van der Waals surface area contributed by atoms with Crippen LogP contribution >= 0.6 is 15.9 Å². The molecule has 1 N–H and O–H groups in total. The summed E-state index contributed by atoms with van der Waals surface area (Å²) in [4.78, 5) is 0. The second-order valence-corrected chi connectivity index (χ2v) is 6.66. The molecule has 0 bridgehead atoms. The molecule has 0 amide bonds. The molecule has 0 unspecified atom stereocenters. The molecule has 4 nitrogen and oxygen atoms in total. The van der Waals surface area contributed by atoms with Gasteiger partial charge in [-0.1, -0.05) is 30.3 Å². The van der Waals surface area contributed by atoms with Crippen LogP contribution in [0.3, 0.4) is 0 Å². The van der Waals surface area contributed by atoms with E-state index in [9.17, 15) is 0 Å². The smallest absolute Gasteiger partial charge is 0.133 e. The number of fused-ring (bicyclic) bond motifs is 1. The molecule has 0 atom stereocenters. The van der Waals surface area contributed by atoms with Crippen molar-refractivity contribution in [2.45, 2.75) is 12.8 Å². The number of ether oxygens (including phenoxy) is 1. The van der Waals surface area contributed by atoms with Crippen LogP contribution in [-0.2, 0) is 12.8 Å². The van der Waals surface area contributed by atoms with Gasteiger partial charge in [0.25, 0.3) is 0 Å². The van der Waals surface area contributed by atoms with Gasteiger partial charge in [-0.2, -0.15) is 5.10 Å². The van der Waals surface area contributed by atoms with E-state index in [1.165, 1.54) is 5.56 Å². The predicted molar refractivity (Wildman–Crippen MR) is 99.3 cm³/mol. The van der Waals surface area contributed by atoms with Gasteiger partial charge in [0.1, 0.15) is 11.6 Å². The topological polar surface area (TPSA) is 39.1 Å². The molecule has 0 fully saturated rings. The average Bonchev–Trinajstić information content (AvgIpc) is 3.20. The van der Waals surface area contributed by atoms with Crippen LogP contribution in [0, 0.1) is 0 Å². The van der Waals surface area contributed by atoms with Crippen LogP contribution in [0.5, 0.6) is 5.75 Å². The van der Waals surface area contributed by atoms with E-state index in [2.05, 4.69) is 33.4 Å². The van der Waals surface area contributed by atoms with Gasteiger partial charge in [-0.25, -0.2) is 4.68 Å². The molecule has 2 aromatic carbocycles. The molecule has 2 heterocycles. The second kappa shape index (κ2) is 6.32. The lowest BCUT2D eigenvalue weighted by atomic mass is 10.0. The van der Waals surface area contributed by atoms with E-state index in [1.807, 2.05) is 41.1 Å². The SMILES string of the molecule is COc1ccccc1Cc1nn(-c2ccccc2Br)c2c1CCN2. The van der Waals surface area contributed by atoms with E-state index in [4.69, 9.17) is 9.84 Å². The normalized spacial score (nSPS) is 12.8. The fourth-order valence-corrected chi connectivity index (χ4v) is 3.67. The van der Waals surface area contributed by atoms with Crippen molar-refractivity contribution in [2.75, 3.05) is 19.0 Å². The zero-order valence-corrected chi connectivity index (χ0v) is 15.0. The number of halogens is 1. The molecular formula is C19H18BrN3O. The largest absolute Gasteiger partial charge is 0.496 e. The number of hydrogen-bond donors (Lipinski definition) is 1. The molecule has 0 saturated carbocycles. The molecule has 1 aliphatic rings. The van der Waals surface area contributed by atoms with Gasteiger partial charge in [-0.15, -0.1) is 0 Å². The Hall–Kier alpha value is -2.27. The van der Waals surface area contributed by atoms with E-state index in [1.54, 1.807) is 7.11 Å². The highest BCUT2D eigenvalue weighted by atomic mass is 79.9. The zero-order chi connectivity index (χ0) is 16.5. The Morgan fingerprint density at radius 2 is 1.96 bits per heavy atom. The molecule has 24 heavy (non-hydrogen) atoms. The van der Waals surface area contributed by atoms with Crippen LogP contribution in [0.2, 0.25) is 0 Å². The highest BCUT2D eigenvalue weighted by Crippen LogP contribution is 2.33. The number of rotatable bonds is 4. The van der Waals surface area contributed by atoms with Gasteiger partial charge in [0.15, 0.2) is 0 Å². The van der Waals surface area contributed by atoms with Crippen molar-refractivity contribution in [3.8, 4) is 11.4 Å². The van der Waals surface area contributed by atoms with Crippen molar-refractivity contribution in [2.24, 2.45) is 0 Å². The number of hydrogen-bond acceptors (Lipinski definition) is 3. The summed E-state index contributed by atoms with van der Waals surface area (Å²) in [6.45, 7) is 0.955. The number of benzene rings is 2. The molecule has 0 aliphatic carbocycles. The third-order valence-corrected chi connectivity index (χ3v) is 5.04. The first-order valence-corrected chi connectivity index (χ1v) is 8.78. The molecule has 4 rings (SSSR count). The minimum atomic E-state index is 0.769. The van der Waals surface area contributed by atoms with Crippen LogP contribution in [0.4, 0.5) is 5.82 Å². The zero-order valence-electron chi connectivity index (χ0n) is 13.4. The van der Waals surface area contributed by atoms with Gasteiger partial charge in [-0.05, 0) is 40.5 Å².